The van der Waals surface area contributed by atoms with E-state index in [0.717, 1.165) is 0 Å². The smallest absolute Gasteiger partial charge is 0.222 e. The SMILES string of the molecule is N#Cc1[c]n[c]n1C(F)(F)F. The zero-order valence-electron chi connectivity index (χ0n) is 4.98. The molecule has 3 nitrogen and oxygen atoms in total. The van der Waals surface area contributed by atoms with Gasteiger partial charge in [-0.05, 0) is 0 Å². The first-order chi connectivity index (χ1) is 5.05. The first-order valence-corrected chi connectivity index (χ1v) is 2.41. The van der Waals surface area contributed by atoms with Crippen molar-refractivity contribution < 1.29 is 13.2 Å². The zero-order chi connectivity index (χ0) is 8.48. The molecule has 11 heavy (non-hydrogen) atoms. The van der Waals surface area contributed by atoms with E-state index in [9.17, 15) is 13.2 Å². The van der Waals surface area contributed by atoms with Gasteiger partial charge in [0.25, 0.3) is 0 Å². The number of alkyl halides is 3. The van der Waals surface area contributed by atoms with Crippen LogP contribution in [0.5, 0.6) is 0 Å². The Balaban J connectivity index is 3.15. The van der Waals surface area contributed by atoms with Crippen molar-refractivity contribution in [1.82, 2.24) is 9.55 Å². The van der Waals surface area contributed by atoms with Crippen molar-refractivity contribution in [1.29, 1.82) is 5.26 Å². The van der Waals surface area contributed by atoms with Crippen LogP contribution in [0.15, 0.2) is 0 Å². The second-order valence-electron chi connectivity index (χ2n) is 1.59. The molecule has 0 fully saturated rings. The van der Waals surface area contributed by atoms with Gasteiger partial charge in [-0.2, -0.15) is 5.26 Å². The van der Waals surface area contributed by atoms with E-state index in [1.807, 2.05) is 6.20 Å². The van der Waals surface area contributed by atoms with E-state index in [1.54, 1.807) is 6.33 Å². The highest BCUT2D eigenvalue weighted by atomic mass is 19.4. The van der Waals surface area contributed by atoms with E-state index < -0.39 is 12.0 Å². The van der Waals surface area contributed by atoms with Gasteiger partial charge in [-0.15, -0.1) is 13.2 Å². The van der Waals surface area contributed by atoms with Gasteiger partial charge in [0.1, 0.15) is 12.3 Å². The molecule has 0 bridgehead atoms. The van der Waals surface area contributed by atoms with E-state index in [1.165, 1.54) is 6.07 Å². The van der Waals surface area contributed by atoms with Crippen LogP contribution in [0.2, 0.25) is 0 Å². The first kappa shape index (κ1) is 7.60. The maximum Gasteiger partial charge on any atom is 0.491 e. The lowest BCUT2D eigenvalue weighted by Gasteiger charge is -2.05. The quantitative estimate of drug-likeness (QED) is 0.562. The third kappa shape index (κ3) is 1.32. The van der Waals surface area contributed by atoms with Gasteiger partial charge in [-0.1, -0.05) is 0 Å². The molecule has 0 aromatic carbocycles. The van der Waals surface area contributed by atoms with E-state index in [-0.39, 0.29) is 4.57 Å². The highest BCUT2D eigenvalue weighted by molar-refractivity contribution is 5.15. The molecule has 0 atom stereocenters. The van der Waals surface area contributed by atoms with Gasteiger partial charge in [0.05, 0.1) is 0 Å². The highest BCUT2D eigenvalue weighted by Crippen LogP contribution is 2.22. The molecule has 0 spiro atoms. The van der Waals surface area contributed by atoms with Crippen LogP contribution in [0.1, 0.15) is 5.69 Å². The number of halogens is 3. The maximum atomic E-state index is 11.8. The molecule has 1 heterocycles. The summed E-state index contributed by atoms with van der Waals surface area (Å²) in [5.41, 5.74) is -0.697. The molecule has 1 aromatic rings. The molecule has 0 aliphatic carbocycles. The van der Waals surface area contributed by atoms with Crippen LogP contribution in [0.4, 0.5) is 13.2 Å². The van der Waals surface area contributed by atoms with E-state index in [2.05, 4.69) is 4.98 Å². The van der Waals surface area contributed by atoms with E-state index in [0.29, 0.717) is 0 Å². The average molecular weight is 159 g/mol. The Bertz CT molecular complexity index is 293. The van der Waals surface area contributed by atoms with Gasteiger partial charge in [0.2, 0.25) is 0 Å². The van der Waals surface area contributed by atoms with E-state index >= 15 is 0 Å². The Labute approximate surface area is 59.7 Å². The van der Waals surface area contributed by atoms with Gasteiger partial charge >= 0.3 is 6.30 Å². The molecule has 2 radical (unpaired) electrons. The second-order valence-corrected chi connectivity index (χ2v) is 1.59. The van der Waals surface area contributed by atoms with Gasteiger partial charge in [0.15, 0.2) is 12.0 Å². The maximum absolute atomic E-state index is 11.8. The van der Waals surface area contributed by atoms with Crippen LogP contribution in [-0.4, -0.2) is 9.55 Å². The number of aromatic nitrogens is 2. The normalized spacial score (nSPS) is 11.1. The van der Waals surface area contributed by atoms with Crippen LogP contribution in [0.25, 0.3) is 0 Å². The molecule has 0 unspecified atom stereocenters. The molecule has 0 N–H and O–H groups in total. The molecule has 56 valence electrons. The van der Waals surface area contributed by atoms with Crippen molar-refractivity contribution in [2.45, 2.75) is 6.30 Å². The lowest BCUT2D eigenvalue weighted by atomic mass is 10.5. The van der Waals surface area contributed by atoms with Crippen molar-refractivity contribution in [2.24, 2.45) is 0 Å². The number of hydrogen-bond acceptors (Lipinski definition) is 2. The Morgan fingerprint density at radius 3 is 2.55 bits per heavy atom. The van der Waals surface area contributed by atoms with Crippen molar-refractivity contribution in [2.75, 3.05) is 0 Å². The van der Waals surface area contributed by atoms with Crippen molar-refractivity contribution in [3.8, 4) is 6.07 Å². The first-order valence-electron chi connectivity index (χ1n) is 2.41. The number of nitrogens with zero attached hydrogens (tertiary/aromatic N) is 3. The summed E-state index contributed by atoms with van der Waals surface area (Å²) in [6.07, 6.45) is -1.24. The molecular weight excluding hydrogens is 159 g/mol. The lowest BCUT2D eigenvalue weighted by Crippen LogP contribution is -2.17. The molecule has 0 saturated carbocycles. The largest absolute Gasteiger partial charge is 0.491 e. The fraction of sp³-hybridized carbons (Fsp3) is 0.200. The summed E-state index contributed by atoms with van der Waals surface area (Å²) in [4.78, 5) is 2.93. The van der Waals surface area contributed by atoms with Crippen LogP contribution in [0, 0.1) is 23.9 Å². The van der Waals surface area contributed by atoms with Crippen LogP contribution in [0.3, 0.4) is 0 Å². The highest BCUT2D eigenvalue weighted by Gasteiger charge is 2.33. The molecular formula is C5F3N3. The van der Waals surface area contributed by atoms with Gasteiger partial charge in [0, 0.05) is 0 Å². The standard InChI is InChI=1S/C5F3N3/c6-5(7,8)11-3-10-2-4(11)1-9. The number of imidazole rings is 1. The Kier molecular flexibility index (Phi) is 1.57. The Hall–Kier alpha value is -1.51. The van der Waals surface area contributed by atoms with Gasteiger partial charge in [-0.25, -0.2) is 9.55 Å². The summed E-state index contributed by atoms with van der Waals surface area (Å²) in [5, 5.41) is 8.11. The predicted molar refractivity (Wildman–Crippen MR) is 25.9 cm³/mol. The van der Waals surface area contributed by atoms with Crippen LogP contribution in [-0.2, 0) is 6.30 Å². The Morgan fingerprint density at radius 1 is 1.55 bits per heavy atom. The summed E-state index contributed by atoms with van der Waals surface area (Å²) in [5.74, 6) is 0. The summed E-state index contributed by atoms with van der Waals surface area (Å²) in [7, 11) is 0. The van der Waals surface area contributed by atoms with Crippen LogP contribution >= 0.6 is 0 Å². The van der Waals surface area contributed by atoms with Crippen molar-refractivity contribution >= 4 is 0 Å². The monoisotopic (exact) mass is 159 g/mol. The molecule has 0 aliphatic heterocycles. The molecule has 0 amide bonds. The minimum Gasteiger partial charge on any atom is -0.222 e. The minimum atomic E-state index is -4.64. The fourth-order valence-corrected chi connectivity index (χ4v) is 0.486. The van der Waals surface area contributed by atoms with Crippen LogP contribution < -0.4 is 0 Å². The summed E-state index contributed by atoms with van der Waals surface area (Å²) >= 11 is 0. The number of nitriles is 1. The second kappa shape index (κ2) is 2.27. The lowest BCUT2D eigenvalue weighted by molar-refractivity contribution is -0.205. The molecule has 1 rings (SSSR count). The third-order valence-corrected chi connectivity index (χ3v) is 0.895. The fourth-order valence-electron chi connectivity index (χ4n) is 0.486. The van der Waals surface area contributed by atoms with E-state index in [4.69, 9.17) is 5.26 Å². The van der Waals surface area contributed by atoms with Gasteiger partial charge in [-0.3, -0.25) is 0 Å². The van der Waals surface area contributed by atoms with Gasteiger partial charge < -0.3 is 0 Å². The Morgan fingerprint density at radius 2 is 2.18 bits per heavy atom. The van der Waals surface area contributed by atoms with Crippen molar-refractivity contribution in [3.63, 3.8) is 0 Å². The minimum absolute atomic E-state index is 0.326. The summed E-state index contributed by atoms with van der Waals surface area (Å²) in [6.45, 7) is 0. The number of rotatable bonds is 0. The molecule has 1 aromatic heterocycles. The topological polar surface area (TPSA) is 41.6 Å². The van der Waals surface area contributed by atoms with Crippen molar-refractivity contribution in [3.05, 3.63) is 18.2 Å². The molecule has 6 heteroatoms. The summed E-state index contributed by atoms with van der Waals surface area (Å²) < 4.78 is 35.0. The molecule has 0 saturated heterocycles. The predicted octanol–water partition coefficient (Wildman–Crippen LogP) is 0.831. The molecule has 0 aliphatic rings. The third-order valence-electron chi connectivity index (χ3n) is 0.895. The number of hydrogen-bond donors (Lipinski definition) is 0. The zero-order valence-corrected chi connectivity index (χ0v) is 4.98. The average Bonchev–Trinajstić information content (AvgIpc) is 2.31. The summed E-state index contributed by atoms with van der Waals surface area (Å²) in [6, 6.07) is 1.28.